The molecule has 144 valence electrons. The number of carbonyl (C=O) groups excluding carboxylic acids is 2. The average molecular weight is 360 g/mol. The summed E-state index contributed by atoms with van der Waals surface area (Å²) in [7, 11) is 1.83. The number of nitrogens with zero attached hydrogens (tertiary/aromatic N) is 2. The maximum Gasteiger partial charge on any atom is 0.227 e. The molecule has 1 aromatic rings. The third kappa shape index (κ3) is 5.23. The molecule has 1 aliphatic rings. The van der Waals surface area contributed by atoms with E-state index >= 15 is 0 Å². The highest BCUT2D eigenvalue weighted by Gasteiger charge is 2.33. The molecule has 2 amide bonds. The van der Waals surface area contributed by atoms with Crippen molar-refractivity contribution in [3.63, 3.8) is 0 Å². The van der Waals surface area contributed by atoms with Crippen LogP contribution < -0.4 is 4.74 Å². The number of para-hydroxylation sites is 1. The van der Waals surface area contributed by atoms with Gasteiger partial charge in [-0.1, -0.05) is 39.0 Å². The largest absolute Gasteiger partial charge is 0.491 e. The topological polar surface area (TPSA) is 49.9 Å². The molecule has 1 aliphatic heterocycles. The fraction of sp³-hybridized carbons (Fsp3) is 0.619. The zero-order valence-electron chi connectivity index (χ0n) is 16.7. The summed E-state index contributed by atoms with van der Waals surface area (Å²) in [5, 5.41) is 0. The van der Waals surface area contributed by atoms with Gasteiger partial charge in [-0.05, 0) is 31.4 Å². The molecule has 0 unspecified atom stereocenters. The van der Waals surface area contributed by atoms with Gasteiger partial charge in [0.1, 0.15) is 12.4 Å². The van der Waals surface area contributed by atoms with Crippen LogP contribution in [0.15, 0.2) is 24.3 Å². The predicted octanol–water partition coefficient (Wildman–Crippen LogP) is 3.12. The highest BCUT2D eigenvalue weighted by Crippen LogP contribution is 2.24. The minimum atomic E-state index is -0.361. The SMILES string of the molecule is Cc1ccccc1OCCN(C)C(=O)C1CCN(C(=O)C(C)(C)C)CC1. The van der Waals surface area contributed by atoms with Gasteiger partial charge in [0.25, 0.3) is 0 Å². The quantitative estimate of drug-likeness (QED) is 0.811. The van der Waals surface area contributed by atoms with Crippen LogP contribution in [-0.4, -0.2) is 54.9 Å². The van der Waals surface area contributed by atoms with Crippen LogP contribution >= 0.6 is 0 Å². The first-order chi connectivity index (χ1) is 12.2. The van der Waals surface area contributed by atoms with Crippen LogP contribution in [0.2, 0.25) is 0 Å². The number of carbonyl (C=O) groups is 2. The maximum atomic E-state index is 12.6. The summed E-state index contributed by atoms with van der Waals surface area (Å²) in [4.78, 5) is 28.6. The molecule has 0 aliphatic carbocycles. The smallest absolute Gasteiger partial charge is 0.227 e. The second kappa shape index (κ2) is 8.56. The highest BCUT2D eigenvalue weighted by molar-refractivity contribution is 5.82. The first kappa shape index (κ1) is 20.3. The van der Waals surface area contributed by atoms with Crippen LogP contribution in [0.3, 0.4) is 0 Å². The van der Waals surface area contributed by atoms with Gasteiger partial charge in [0.2, 0.25) is 11.8 Å². The molecule has 0 radical (unpaired) electrons. The standard InChI is InChI=1S/C21H32N2O3/c1-16-8-6-7-9-18(16)26-15-14-22(5)19(24)17-10-12-23(13-11-17)20(25)21(2,3)4/h6-9,17H,10-15H2,1-5H3. The van der Waals surface area contributed by atoms with E-state index in [1.54, 1.807) is 4.90 Å². The molecule has 0 N–H and O–H groups in total. The van der Waals surface area contributed by atoms with Crippen molar-refractivity contribution in [2.24, 2.45) is 11.3 Å². The van der Waals surface area contributed by atoms with Crippen molar-refractivity contribution in [2.45, 2.75) is 40.5 Å². The molecule has 0 bridgehead atoms. The number of ether oxygens (including phenoxy) is 1. The summed E-state index contributed by atoms with van der Waals surface area (Å²) in [5.41, 5.74) is 0.734. The fourth-order valence-electron chi connectivity index (χ4n) is 3.24. The molecule has 0 atom stereocenters. The zero-order valence-corrected chi connectivity index (χ0v) is 16.7. The number of benzene rings is 1. The molecule has 1 heterocycles. The second-order valence-corrected chi connectivity index (χ2v) is 8.19. The van der Waals surface area contributed by atoms with Gasteiger partial charge in [-0.25, -0.2) is 0 Å². The average Bonchev–Trinajstić information content (AvgIpc) is 2.61. The lowest BCUT2D eigenvalue weighted by atomic mass is 9.90. The van der Waals surface area contributed by atoms with Crippen molar-refractivity contribution < 1.29 is 14.3 Å². The molecular formula is C21H32N2O3. The monoisotopic (exact) mass is 360 g/mol. The van der Waals surface area contributed by atoms with Crippen molar-refractivity contribution >= 4 is 11.8 Å². The van der Waals surface area contributed by atoms with Gasteiger partial charge >= 0.3 is 0 Å². The van der Waals surface area contributed by atoms with Gasteiger partial charge in [-0.15, -0.1) is 0 Å². The molecule has 5 nitrogen and oxygen atoms in total. The molecule has 1 aromatic carbocycles. The molecule has 0 saturated carbocycles. The van der Waals surface area contributed by atoms with Gasteiger partial charge in [0.15, 0.2) is 0 Å². The molecule has 1 saturated heterocycles. The maximum absolute atomic E-state index is 12.6. The second-order valence-electron chi connectivity index (χ2n) is 8.19. The van der Waals surface area contributed by atoms with Crippen molar-refractivity contribution in [3.8, 4) is 5.75 Å². The highest BCUT2D eigenvalue weighted by atomic mass is 16.5. The first-order valence-electron chi connectivity index (χ1n) is 9.43. The Morgan fingerprint density at radius 3 is 2.38 bits per heavy atom. The van der Waals surface area contributed by atoms with E-state index < -0.39 is 0 Å². The third-order valence-corrected chi connectivity index (χ3v) is 4.93. The molecular weight excluding hydrogens is 328 g/mol. The van der Waals surface area contributed by atoms with Gasteiger partial charge in [-0.2, -0.15) is 0 Å². The Balaban J connectivity index is 1.77. The molecule has 5 heteroatoms. The molecule has 0 aromatic heterocycles. The van der Waals surface area contributed by atoms with E-state index in [1.165, 1.54) is 0 Å². The van der Waals surface area contributed by atoms with Gasteiger partial charge in [-0.3, -0.25) is 9.59 Å². The number of aryl methyl sites for hydroxylation is 1. The number of likely N-dealkylation sites (tertiary alicyclic amines) is 1. The minimum Gasteiger partial charge on any atom is -0.491 e. The molecule has 1 fully saturated rings. The number of hydrogen-bond donors (Lipinski definition) is 0. The summed E-state index contributed by atoms with van der Waals surface area (Å²) in [6.45, 7) is 10.2. The number of rotatable bonds is 5. The normalized spacial score (nSPS) is 15.7. The van der Waals surface area contributed by atoms with E-state index in [2.05, 4.69) is 0 Å². The summed E-state index contributed by atoms with van der Waals surface area (Å²) in [6.07, 6.45) is 1.48. The van der Waals surface area contributed by atoms with Crippen molar-refractivity contribution in [1.29, 1.82) is 0 Å². The Morgan fingerprint density at radius 1 is 1.19 bits per heavy atom. The summed E-state index contributed by atoms with van der Waals surface area (Å²) < 4.78 is 5.78. The van der Waals surface area contributed by atoms with Crippen LogP contribution in [0, 0.1) is 18.3 Å². The Morgan fingerprint density at radius 2 is 1.81 bits per heavy atom. The van der Waals surface area contributed by atoms with E-state index in [9.17, 15) is 9.59 Å². The van der Waals surface area contributed by atoms with Crippen LogP contribution in [0.5, 0.6) is 5.75 Å². The summed E-state index contributed by atoms with van der Waals surface area (Å²) >= 11 is 0. The lowest BCUT2D eigenvalue weighted by molar-refractivity contribution is -0.144. The van der Waals surface area contributed by atoms with E-state index in [-0.39, 0.29) is 23.1 Å². The van der Waals surface area contributed by atoms with Gasteiger partial charge in [0.05, 0.1) is 6.54 Å². The van der Waals surface area contributed by atoms with Crippen molar-refractivity contribution in [1.82, 2.24) is 9.80 Å². The van der Waals surface area contributed by atoms with E-state index in [1.807, 2.05) is 63.9 Å². The van der Waals surface area contributed by atoms with Crippen molar-refractivity contribution in [2.75, 3.05) is 33.3 Å². The number of likely N-dealkylation sites (N-methyl/N-ethyl adjacent to an activating group) is 1. The van der Waals surface area contributed by atoms with Crippen LogP contribution in [0.4, 0.5) is 0 Å². The Bertz CT molecular complexity index is 628. The zero-order chi connectivity index (χ0) is 19.3. The Hall–Kier alpha value is -2.04. The lowest BCUT2D eigenvalue weighted by Gasteiger charge is -2.36. The number of amides is 2. The van der Waals surface area contributed by atoms with Crippen LogP contribution in [0.25, 0.3) is 0 Å². The summed E-state index contributed by atoms with van der Waals surface area (Å²) in [6, 6.07) is 7.88. The fourth-order valence-corrected chi connectivity index (χ4v) is 3.24. The van der Waals surface area contributed by atoms with E-state index in [4.69, 9.17) is 4.74 Å². The number of piperidine rings is 1. The third-order valence-electron chi connectivity index (χ3n) is 4.93. The van der Waals surface area contributed by atoms with Gasteiger partial charge < -0.3 is 14.5 Å². The minimum absolute atomic E-state index is 0.00230. The van der Waals surface area contributed by atoms with E-state index in [0.717, 1.165) is 24.2 Å². The molecule has 2 rings (SSSR count). The van der Waals surface area contributed by atoms with Gasteiger partial charge in [0, 0.05) is 31.5 Å². The lowest BCUT2D eigenvalue weighted by Crippen LogP contribution is -2.47. The Labute approximate surface area is 157 Å². The van der Waals surface area contributed by atoms with Crippen molar-refractivity contribution in [3.05, 3.63) is 29.8 Å². The van der Waals surface area contributed by atoms with E-state index in [0.29, 0.717) is 26.2 Å². The van der Waals surface area contributed by atoms with Crippen LogP contribution in [-0.2, 0) is 9.59 Å². The molecule has 0 spiro atoms. The number of hydrogen-bond acceptors (Lipinski definition) is 3. The summed E-state index contributed by atoms with van der Waals surface area (Å²) in [5.74, 6) is 1.19. The first-order valence-corrected chi connectivity index (χ1v) is 9.43. The molecule has 26 heavy (non-hydrogen) atoms. The predicted molar refractivity (Wildman–Crippen MR) is 103 cm³/mol. The Kier molecular flexibility index (Phi) is 6.68. The van der Waals surface area contributed by atoms with Crippen LogP contribution in [0.1, 0.15) is 39.2 Å².